The van der Waals surface area contributed by atoms with Gasteiger partial charge in [-0.05, 0) is 54.8 Å². The number of halogens is 1. The molecule has 0 radical (unpaired) electrons. The Balaban J connectivity index is 1.70. The molecule has 8 nitrogen and oxygen atoms in total. The lowest BCUT2D eigenvalue weighted by Gasteiger charge is -2.33. The van der Waals surface area contributed by atoms with Crippen LogP contribution in [0.4, 0.5) is 0 Å². The SMILES string of the molecule is COc1cc([C@@H]2C(C#N)=C(SCC(=O)Oc3ccc(Cl)cc3)NC3=C2C(=O)CCC3)cc(OC)c1OC. The van der Waals surface area contributed by atoms with E-state index in [0.717, 1.165) is 17.5 Å². The zero-order chi connectivity index (χ0) is 26.5. The van der Waals surface area contributed by atoms with Crippen LogP contribution in [0.25, 0.3) is 0 Å². The summed E-state index contributed by atoms with van der Waals surface area (Å²) in [6.45, 7) is 0. The lowest BCUT2D eigenvalue weighted by atomic mass is 9.76. The highest BCUT2D eigenvalue weighted by Crippen LogP contribution is 2.48. The summed E-state index contributed by atoms with van der Waals surface area (Å²) < 4.78 is 21.9. The molecule has 2 aromatic rings. The van der Waals surface area contributed by atoms with E-state index in [1.807, 2.05) is 0 Å². The van der Waals surface area contributed by atoms with Crippen molar-refractivity contribution < 1.29 is 28.5 Å². The third kappa shape index (κ3) is 5.55. The molecule has 192 valence electrons. The first-order chi connectivity index (χ1) is 17.9. The molecule has 10 heteroatoms. The van der Waals surface area contributed by atoms with Gasteiger partial charge in [-0.3, -0.25) is 9.59 Å². The Morgan fingerprint density at radius 2 is 1.78 bits per heavy atom. The standard InChI is InChI=1S/C27H25ClN2O6S/c1-33-21-11-15(12-22(34-2)26(21)35-3)24-18(13-29)27(30-19-5-4-6-20(31)25(19)24)37-14-23(32)36-17-9-7-16(28)8-10-17/h7-12,24,30H,4-6,14H2,1-3H3/t24-/m1/s1. The average Bonchev–Trinajstić information content (AvgIpc) is 2.91. The molecule has 0 spiro atoms. The van der Waals surface area contributed by atoms with Gasteiger partial charge in [0.2, 0.25) is 5.75 Å². The summed E-state index contributed by atoms with van der Waals surface area (Å²) in [5, 5.41) is 14.5. The first kappa shape index (κ1) is 26.5. The summed E-state index contributed by atoms with van der Waals surface area (Å²) in [4.78, 5) is 25.6. The van der Waals surface area contributed by atoms with Crippen LogP contribution in [0, 0.1) is 11.3 Å². The smallest absolute Gasteiger partial charge is 0.321 e. The van der Waals surface area contributed by atoms with E-state index in [4.69, 9.17) is 30.5 Å². The highest BCUT2D eigenvalue weighted by atomic mass is 35.5. The summed E-state index contributed by atoms with van der Waals surface area (Å²) in [6.07, 6.45) is 1.75. The van der Waals surface area contributed by atoms with Gasteiger partial charge in [0.1, 0.15) is 5.75 Å². The normalized spacial score (nSPS) is 16.9. The molecule has 4 rings (SSSR count). The van der Waals surface area contributed by atoms with Crippen LogP contribution in [0.1, 0.15) is 30.7 Å². The molecule has 1 aliphatic heterocycles. The fraction of sp³-hybridized carbons (Fsp3) is 0.296. The Morgan fingerprint density at radius 1 is 1.11 bits per heavy atom. The monoisotopic (exact) mass is 540 g/mol. The van der Waals surface area contributed by atoms with Gasteiger partial charge in [0, 0.05) is 22.7 Å². The summed E-state index contributed by atoms with van der Waals surface area (Å²) in [5.41, 5.74) is 2.28. The van der Waals surface area contributed by atoms with Crippen LogP contribution in [-0.4, -0.2) is 38.8 Å². The minimum Gasteiger partial charge on any atom is -0.493 e. The summed E-state index contributed by atoms with van der Waals surface area (Å²) in [5.74, 6) is 0.409. The van der Waals surface area contributed by atoms with Crippen LogP contribution in [0.3, 0.4) is 0 Å². The van der Waals surface area contributed by atoms with Crippen molar-refractivity contribution in [3.8, 4) is 29.1 Å². The number of nitriles is 1. The maximum absolute atomic E-state index is 13.1. The van der Waals surface area contributed by atoms with E-state index in [0.29, 0.717) is 69.0 Å². The van der Waals surface area contributed by atoms with E-state index in [2.05, 4.69) is 11.4 Å². The molecular formula is C27H25ClN2O6S. The first-order valence-corrected chi connectivity index (χ1v) is 12.8. The Bertz CT molecular complexity index is 1300. The number of methoxy groups -OCH3 is 3. The number of nitrogens with one attached hydrogen (secondary N) is 1. The summed E-state index contributed by atoms with van der Waals surface area (Å²) in [6, 6.07) is 12.2. The zero-order valence-electron chi connectivity index (χ0n) is 20.6. The third-order valence-electron chi connectivity index (χ3n) is 6.06. The van der Waals surface area contributed by atoms with Gasteiger partial charge < -0.3 is 24.3 Å². The maximum atomic E-state index is 13.1. The Hall–Kier alpha value is -3.61. The van der Waals surface area contributed by atoms with Gasteiger partial charge in [-0.15, -0.1) is 0 Å². The van der Waals surface area contributed by atoms with Gasteiger partial charge in [0.25, 0.3) is 0 Å². The molecule has 0 aromatic heterocycles. The molecule has 37 heavy (non-hydrogen) atoms. The number of nitrogens with zero attached hydrogens (tertiary/aromatic N) is 1. The number of thioether (sulfide) groups is 1. The largest absolute Gasteiger partial charge is 0.493 e. The lowest BCUT2D eigenvalue weighted by Crippen LogP contribution is -2.31. The van der Waals surface area contributed by atoms with Crippen molar-refractivity contribution in [1.82, 2.24) is 5.32 Å². The molecule has 0 amide bonds. The highest BCUT2D eigenvalue weighted by molar-refractivity contribution is 8.03. The number of ether oxygens (including phenoxy) is 4. The highest BCUT2D eigenvalue weighted by Gasteiger charge is 2.38. The Labute approximate surface area is 224 Å². The number of carbonyl (C=O) groups excluding carboxylic acids is 2. The van der Waals surface area contributed by atoms with Crippen molar-refractivity contribution >= 4 is 35.1 Å². The number of carbonyl (C=O) groups is 2. The van der Waals surface area contributed by atoms with Gasteiger partial charge in [0.15, 0.2) is 17.3 Å². The predicted octanol–water partition coefficient (Wildman–Crippen LogP) is 5.13. The molecule has 2 aliphatic rings. The molecule has 0 saturated heterocycles. The molecule has 1 aliphatic carbocycles. The molecule has 1 heterocycles. The number of esters is 1. The Kier molecular flexibility index (Phi) is 8.31. The van der Waals surface area contributed by atoms with Crippen molar-refractivity contribution in [1.29, 1.82) is 5.26 Å². The molecule has 0 bridgehead atoms. The molecule has 1 N–H and O–H groups in total. The number of hydrogen-bond acceptors (Lipinski definition) is 9. The third-order valence-corrected chi connectivity index (χ3v) is 7.31. The van der Waals surface area contributed by atoms with Crippen molar-refractivity contribution in [3.63, 3.8) is 0 Å². The average molecular weight is 541 g/mol. The van der Waals surface area contributed by atoms with E-state index < -0.39 is 11.9 Å². The van der Waals surface area contributed by atoms with Crippen molar-refractivity contribution in [2.45, 2.75) is 25.2 Å². The molecule has 0 saturated carbocycles. The number of Topliss-reactive ketones (excluding diaryl/α,β-unsaturated/α-hetero) is 1. The van der Waals surface area contributed by atoms with Crippen LogP contribution in [0.15, 0.2) is 58.3 Å². The fourth-order valence-corrected chi connectivity index (χ4v) is 5.39. The van der Waals surface area contributed by atoms with Crippen LogP contribution < -0.4 is 24.3 Å². The second kappa shape index (κ2) is 11.6. The van der Waals surface area contributed by atoms with E-state index in [1.165, 1.54) is 21.3 Å². The topological polar surface area (TPSA) is 107 Å². The predicted molar refractivity (Wildman–Crippen MR) is 140 cm³/mol. The van der Waals surface area contributed by atoms with Gasteiger partial charge in [-0.25, -0.2) is 0 Å². The second-order valence-corrected chi connectivity index (χ2v) is 9.68. The zero-order valence-corrected chi connectivity index (χ0v) is 22.1. The molecule has 1 atom stereocenters. The Morgan fingerprint density at radius 3 is 2.38 bits per heavy atom. The van der Waals surface area contributed by atoms with Crippen LogP contribution >= 0.6 is 23.4 Å². The number of rotatable bonds is 8. The first-order valence-electron chi connectivity index (χ1n) is 11.5. The van der Waals surface area contributed by atoms with E-state index >= 15 is 0 Å². The quantitative estimate of drug-likeness (QED) is 0.360. The molecule has 0 fully saturated rings. The number of ketones is 1. The van der Waals surface area contributed by atoms with Crippen molar-refractivity contribution in [2.75, 3.05) is 27.1 Å². The van der Waals surface area contributed by atoms with Gasteiger partial charge >= 0.3 is 5.97 Å². The van der Waals surface area contributed by atoms with E-state index in [1.54, 1.807) is 36.4 Å². The van der Waals surface area contributed by atoms with Crippen molar-refractivity contribution in [2.24, 2.45) is 0 Å². The van der Waals surface area contributed by atoms with E-state index in [9.17, 15) is 14.9 Å². The summed E-state index contributed by atoms with van der Waals surface area (Å²) >= 11 is 7.04. The number of allylic oxidation sites excluding steroid dienone is 3. The minimum atomic E-state index is -0.655. The minimum absolute atomic E-state index is 0.0218. The van der Waals surface area contributed by atoms with Gasteiger partial charge in [-0.2, -0.15) is 5.26 Å². The van der Waals surface area contributed by atoms with Gasteiger partial charge in [0.05, 0.1) is 49.7 Å². The fourth-order valence-electron chi connectivity index (χ4n) is 4.43. The maximum Gasteiger partial charge on any atom is 0.321 e. The molecular weight excluding hydrogens is 516 g/mol. The number of dihydropyridines is 1. The lowest BCUT2D eigenvalue weighted by molar-refractivity contribution is -0.131. The molecule has 0 unspecified atom stereocenters. The van der Waals surface area contributed by atoms with Gasteiger partial charge in [-0.1, -0.05) is 23.4 Å². The second-order valence-electron chi connectivity index (χ2n) is 8.26. The summed E-state index contributed by atoms with van der Waals surface area (Å²) in [7, 11) is 4.53. The van der Waals surface area contributed by atoms with Crippen molar-refractivity contribution in [3.05, 3.63) is 68.9 Å². The number of hydrogen-bond donors (Lipinski definition) is 1. The van der Waals surface area contributed by atoms with Crippen LogP contribution in [0.2, 0.25) is 5.02 Å². The number of benzene rings is 2. The van der Waals surface area contributed by atoms with Crippen LogP contribution in [0.5, 0.6) is 23.0 Å². The van der Waals surface area contributed by atoms with E-state index in [-0.39, 0.29) is 11.5 Å². The molecule has 2 aromatic carbocycles. The van der Waals surface area contributed by atoms with Crippen LogP contribution in [-0.2, 0) is 9.59 Å².